The quantitative estimate of drug-likeness (QED) is 0.234. The third-order valence-corrected chi connectivity index (χ3v) is 7.38. The summed E-state index contributed by atoms with van der Waals surface area (Å²) >= 11 is 0. The largest absolute Gasteiger partial charge is 0.508 e. The van der Waals surface area contributed by atoms with Crippen LogP contribution in [0.2, 0.25) is 0 Å². The van der Waals surface area contributed by atoms with Crippen molar-refractivity contribution < 1.29 is 15.0 Å². The zero-order valence-corrected chi connectivity index (χ0v) is 23.4. The molecule has 1 atom stereocenters. The molecule has 0 aliphatic carbocycles. The van der Waals surface area contributed by atoms with Crippen molar-refractivity contribution in [3.63, 3.8) is 0 Å². The number of hydrogen-bond acceptors (Lipinski definition) is 2. The number of phenolic OH excluding ortho intramolecular Hbond substituents is 1. The molecule has 0 bridgehead atoms. The summed E-state index contributed by atoms with van der Waals surface area (Å²) in [6.07, 6.45) is 17.6. The normalized spacial score (nSPS) is 13.3. The molecular weight excluding hydrogens is 420 g/mol. The maximum Gasteiger partial charge on any atom is 0.335 e. The molecule has 0 amide bonds. The van der Waals surface area contributed by atoms with E-state index in [1.54, 1.807) is 6.07 Å². The lowest BCUT2D eigenvalue weighted by Gasteiger charge is -2.31. The smallest absolute Gasteiger partial charge is 0.335 e. The van der Waals surface area contributed by atoms with Gasteiger partial charge in [0, 0.05) is 5.56 Å². The molecule has 1 aromatic carbocycles. The summed E-state index contributed by atoms with van der Waals surface area (Å²) in [5, 5.41) is 20.3. The SMILES string of the molecule is CCCCCCCCCCCCC(CCCc1c(C(=O)O)ccc(O)c1C(C)(C)C)C(C)(C)C. The Bertz CT molecular complexity index is 721. The van der Waals surface area contributed by atoms with E-state index in [-0.39, 0.29) is 16.6 Å². The lowest BCUT2D eigenvalue weighted by Crippen LogP contribution is -2.21. The second-order valence-corrected chi connectivity index (χ2v) is 12.5. The number of benzene rings is 1. The van der Waals surface area contributed by atoms with Gasteiger partial charge in [-0.15, -0.1) is 0 Å². The van der Waals surface area contributed by atoms with Gasteiger partial charge in [-0.25, -0.2) is 4.79 Å². The first-order chi connectivity index (χ1) is 15.9. The van der Waals surface area contributed by atoms with Crippen LogP contribution in [0.25, 0.3) is 0 Å². The number of aromatic carboxylic acids is 1. The van der Waals surface area contributed by atoms with E-state index in [2.05, 4.69) is 27.7 Å². The highest BCUT2D eigenvalue weighted by Gasteiger charge is 2.27. The third-order valence-electron chi connectivity index (χ3n) is 7.38. The molecule has 3 nitrogen and oxygen atoms in total. The van der Waals surface area contributed by atoms with Crippen molar-refractivity contribution in [2.75, 3.05) is 0 Å². The molecule has 0 aliphatic rings. The Morgan fingerprint density at radius 1 is 0.794 bits per heavy atom. The highest BCUT2D eigenvalue weighted by atomic mass is 16.4. The fourth-order valence-electron chi connectivity index (χ4n) is 5.35. The minimum absolute atomic E-state index is 0.213. The van der Waals surface area contributed by atoms with Crippen LogP contribution in [0, 0.1) is 11.3 Å². The van der Waals surface area contributed by atoms with Gasteiger partial charge in [0.15, 0.2) is 0 Å². The topological polar surface area (TPSA) is 57.5 Å². The molecule has 0 fully saturated rings. The van der Waals surface area contributed by atoms with Gasteiger partial charge >= 0.3 is 5.97 Å². The first-order valence-corrected chi connectivity index (χ1v) is 14.0. The summed E-state index contributed by atoms with van der Waals surface area (Å²) in [7, 11) is 0. The number of carbonyl (C=O) groups is 1. The van der Waals surface area contributed by atoms with Gasteiger partial charge in [0.2, 0.25) is 0 Å². The minimum Gasteiger partial charge on any atom is -0.508 e. The van der Waals surface area contributed by atoms with Crippen molar-refractivity contribution in [2.45, 2.75) is 144 Å². The number of carboxylic acids is 1. The van der Waals surface area contributed by atoms with Crippen LogP contribution in [0.1, 0.15) is 153 Å². The molecule has 34 heavy (non-hydrogen) atoms. The Labute approximate surface area is 210 Å². The molecule has 3 heteroatoms. The van der Waals surface area contributed by atoms with Gasteiger partial charge in [-0.1, -0.05) is 113 Å². The molecule has 0 radical (unpaired) electrons. The second-order valence-electron chi connectivity index (χ2n) is 12.5. The number of aromatic hydroxyl groups is 1. The van der Waals surface area contributed by atoms with Crippen LogP contribution >= 0.6 is 0 Å². The van der Waals surface area contributed by atoms with Crippen molar-refractivity contribution in [2.24, 2.45) is 11.3 Å². The Hall–Kier alpha value is -1.51. The highest BCUT2D eigenvalue weighted by Crippen LogP contribution is 2.38. The van der Waals surface area contributed by atoms with Crippen molar-refractivity contribution in [1.29, 1.82) is 0 Å². The van der Waals surface area contributed by atoms with Crippen LogP contribution < -0.4 is 0 Å². The Morgan fingerprint density at radius 3 is 1.76 bits per heavy atom. The second kappa shape index (κ2) is 14.8. The van der Waals surface area contributed by atoms with Crippen LogP contribution in [0.4, 0.5) is 0 Å². The molecule has 0 spiro atoms. The number of unbranched alkanes of at least 4 members (excludes halogenated alkanes) is 9. The van der Waals surface area contributed by atoms with Gasteiger partial charge in [-0.2, -0.15) is 0 Å². The maximum absolute atomic E-state index is 11.9. The number of phenols is 1. The molecule has 1 aromatic rings. The summed E-state index contributed by atoms with van der Waals surface area (Å²) in [5.41, 5.74) is 1.89. The highest BCUT2D eigenvalue weighted by molar-refractivity contribution is 5.90. The fraction of sp³-hybridized carbons (Fsp3) is 0.774. The van der Waals surface area contributed by atoms with E-state index in [9.17, 15) is 15.0 Å². The van der Waals surface area contributed by atoms with E-state index >= 15 is 0 Å². The summed E-state index contributed by atoms with van der Waals surface area (Å²) < 4.78 is 0. The molecule has 0 saturated carbocycles. The maximum atomic E-state index is 11.9. The lowest BCUT2D eigenvalue weighted by atomic mass is 9.74. The van der Waals surface area contributed by atoms with Crippen molar-refractivity contribution >= 4 is 5.97 Å². The molecule has 1 rings (SSSR count). The van der Waals surface area contributed by atoms with Crippen LogP contribution in [0.15, 0.2) is 12.1 Å². The molecule has 1 unspecified atom stereocenters. The summed E-state index contributed by atoms with van der Waals surface area (Å²) in [4.78, 5) is 11.9. The standard InChI is InChI=1S/C31H54O3/c1-8-9-10-11-12-13-14-15-16-17-19-24(30(2,3)4)20-18-21-25-26(29(33)34)22-23-27(32)28(25)31(5,6)7/h22-24,32H,8-21H2,1-7H3,(H,33,34). The van der Waals surface area contributed by atoms with Crippen molar-refractivity contribution in [3.05, 3.63) is 28.8 Å². The average molecular weight is 475 g/mol. The number of carboxylic acid groups (broad SMARTS) is 1. The van der Waals surface area contributed by atoms with Gasteiger partial charge in [-0.05, 0) is 60.1 Å². The first kappa shape index (κ1) is 30.5. The van der Waals surface area contributed by atoms with Crippen molar-refractivity contribution in [3.8, 4) is 5.75 Å². The molecule has 0 aromatic heterocycles. The monoisotopic (exact) mass is 474 g/mol. The predicted molar refractivity (Wildman–Crippen MR) is 146 cm³/mol. The molecular formula is C31H54O3. The van der Waals surface area contributed by atoms with Gasteiger partial charge in [0.1, 0.15) is 5.75 Å². The molecule has 196 valence electrons. The Kier molecular flexibility index (Phi) is 13.3. The van der Waals surface area contributed by atoms with Gasteiger partial charge in [0.25, 0.3) is 0 Å². The van der Waals surface area contributed by atoms with E-state index < -0.39 is 5.97 Å². The van der Waals surface area contributed by atoms with Crippen LogP contribution in [0.5, 0.6) is 5.75 Å². The Morgan fingerprint density at radius 2 is 1.29 bits per heavy atom. The predicted octanol–water partition coefficient (Wildman–Crippen LogP) is 9.68. The van der Waals surface area contributed by atoms with E-state index in [0.29, 0.717) is 17.9 Å². The molecule has 0 aliphatic heterocycles. The summed E-state index contributed by atoms with van der Waals surface area (Å²) in [5.74, 6) is -0.0614. The van der Waals surface area contributed by atoms with E-state index in [1.165, 1.54) is 76.7 Å². The summed E-state index contributed by atoms with van der Waals surface area (Å²) in [6, 6.07) is 3.10. The van der Waals surface area contributed by atoms with E-state index in [0.717, 1.165) is 24.0 Å². The number of hydrogen-bond donors (Lipinski definition) is 2. The van der Waals surface area contributed by atoms with Gasteiger partial charge in [0.05, 0.1) is 5.56 Å². The van der Waals surface area contributed by atoms with E-state index in [4.69, 9.17) is 0 Å². The van der Waals surface area contributed by atoms with Crippen LogP contribution in [-0.2, 0) is 11.8 Å². The van der Waals surface area contributed by atoms with Crippen LogP contribution in [0.3, 0.4) is 0 Å². The third kappa shape index (κ3) is 10.8. The fourth-order valence-corrected chi connectivity index (χ4v) is 5.35. The van der Waals surface area contributed by atoms with E-state index in [1.807, 2.05) is 20.8 Å². The zero-order valence-electron chi connectivity index (χ0n) is 23.4. The minimum atomic E-state index is -0.904. The zero-order chi connectivity index (χ0) is 25.8. The first-order valence-electron chi connectivity index (χ1n) is 14.0. The van der Waals surface area contributed by atoms with Gasteiger partial charge in [-0.3, -0.25) is 0 Å². The average Bonchev–Trinajstić information content (AvgIpc) is 2.71. The molecule has 2 N–H and O–H groups in total. The molecule has 0 saturated heterocycles. The van der Waals surface area contributed by atoms with Gasteiger partial charge < -0.3 is 10.2 Å². The lowest BCUT2D eigenvalue weighted by molar-refractivity contribution is 0.0695. The van der Waals surface area contributed by atoms with Crippen LogP contribution in [-0.4, -0.2) is 16.2 Å². The Balaban J connectivity index is 2.61. The number of rotatable bonds is 16. The van der Waals surface area contributed by atoms with Crippen molar-refractivity contribution in [1.82, 2.24) is 0 Å². The summed E-state index contributed by atoms with van der Waals surface area (Å²) in [6.45, 7) is 15.4. The molecule has 0 heterocycles.